The molecule has 2 aromatic rings. The molecule has 0 spiro atoms. The van der Waals surface area contributed by atoms with Crippen LogP contribution in [0.1, 0.15) is 53.3 Å². The fourth-order valence-electron chi connectivity index (χ4n) is 2.34. The standard InChI is InChI=1S/C20H24N2O4/c1-2-3-4-7-14-26-16-12-10-15(11-13-16)19(24)21-22-20(25)17-8-5-6-9-18(17)23/h5-6,8-13,23H,2-4,7,14H2,1H3,(H,21,24)(H,22,25). The van der Waals surface area contributed by atoms with Gasteiger partial charge < -0.3 is 9.84 Å². The van der Waals surface area contributed by atoms with E-state index in [0.29, 0.717) is 17.9 Å². The van der Waals surface area contributed by atoms with Crippen molar-refractivity contribution in [3.63, 3.8) is 0 Å². The molecule has 6 heteroatoms. The highest BCUT2D eigenvalue weighted by molar-refractivity contribution is 6.00. The Hall–Kier alpha value is -3.02. The molecule has 0 aliphatic heterocycles. The highest BCUT2D eigenvalue weighted by Crippen LogP contribution is 2.15. The van der Waals surface area contributed by atoms with Gasteiger partial charge in [0.1, 0.15) is 11.5 Å². The van der Waals surface area contributed by atoms with Crippen molar-refractivity contribution in [3.8, 4) is 11.5 Å². The first-order valence-electron chi connectivity index (χ1n) is 8.73. The number of ether oxygens (including phenoxy) is 1. The molecule has 138 valence electrons. The van der Waals surface area contributed by atoms with E-state index in [1.165, 1.54) is 25.0 Å². The van der Waals surface area contributed by atoms with Gasteiger partial charge in [0.15, 0.2) is 0 Å². The van der Waals surface area contributed by atoms with Crippen molar-refractivity contribution < 1.29 is 19.4 Å². The molecule has 0 aliphatic rings. The van der Waals surface area contributed by atoms with Gasteiger partial charge in [0, 0.05) is 5.56 Å². The van der Waals surface area contributed by atoms with Crippen LogP contribution in [0.4, 0.5) is 0 Å². The Labute approximate surface area is 153 Å². The van der Waals surface area contributed by atoms with Crippen LogP contribution < -0.4 is 15.6 Å². The zero-order valence-electron chi connectivity index (χ0n) is 14.8. The van der Waals surface area contributed by atoms with Gasteiger partial charge in [-0.2, -0.15) is 0 Å². The van der Waals surface area contributed by atoms with E-state index >= 15 is 0 Å². The largest absolute Gasteiger partial charge is 0.507 e. The van der Waals surface area contributed by atoms with Crippen molar-refractivity contribution in [3.05, 3.63) is 59.7 Å². The fourth-order valence-corrected chi connectivity index (χ4v) is 2.34. The maximum Gasteiger partial charge on any atom is 0.273 e. The van der Waals surface area contributed by atoms with E-state index in [0.717, 1.165) is 12.8 Å². The lowest BCUT2D eigenvalue weighted by Gasteiger charge is -2.09. The molecule has 0 fully saturated rings. The molecule has 0 heterocycles. The Balaban J connectivity index is 1.80. The molecule has 0 bridgehead atoms. The van der Waals surface area contributed by atoms with E-state index in [1.807, 2.05) is 0 Å². The average molecular weight is 356 g/mol. The highest BCUT2D eigenvalue weighted by Gasteiger charge is 2.12. The molecule has 0 saturated carbocycles. The van der Waals surface area contributed by atoms with Crippen LogP contribution in [-0.4, -0.2) is 23.5 Å². The predicted molar refractivity (Wildman–Crippen MR) is 99.1 cm³/mol. The van der Waals surface area contributed by atoms with E-state index < -0.39 is 11.8 Å². The molecule has 2 aromatic carbocycles. The van der Waals surface area contributed by atoms with Crippen LogP contribution in [0.2, 0.25) is 0 Å². The second-order valence-electron chi connectivity index (χ2n) is 5.86. The van der Waals surface area contributed by atoms with Crippen molar-refractivity contribution in [1.29, 1.82) is 0 Å². The van der Waals surface area contributed by atoms with Gasteiger partial charge in [-0.25, -0.2) is 0 Å². The van der Waals surface area contributed by atoms with E-state index in [9.17, 15) is 14.7 Å². The summed E-state index contributed by atoms with van der Waals surface area (Å²) in [4.78, 5) is 24.0. The summed E-state index contributed by atoms with van der Waals surface area (Å²) in [6.45, 7) is 2.82. The average Bonchev–Trinajstić information content (AvgIpc) is 2.66. The molecule has 0 atom stereocenters. The van der Waals surface area contributed by atoms with Gasteiger partial charge in [-0.3, -0.25) is 20.4 Å². The molecule has 3 N–H and O–H groups in total. The lowest BCUT2D eigenvalue weighted by molar-refractivity contribution is 0.0845. The molecular formula is C20H24N2O4. The minimum absolute atomic E-state index is 0.0830. The summed E-state index contributed by atoms with van der Waals surface area (Å²) in [6.07, 6.45) is 4.54. The molecule has 26 heavy (non-hydrogen) atoms. The quantitative estimate of drug-likeness (QED) is 0.499. The minimum atomic E-state index is -0.594. The first kappa shape index (κ1) is 19.3. The second-order valence-corrected chi connectivity index (χ2v) is 5.86. The van der Waals surface area contributed by atoms with Gasteiger partial charge in [0.2, 0.25) is 0 Å². The van der Waals surface area contributed by atoms with E-state index in [2.05, 4.69) is 17.8 Å². The van der Waals surface area contributed by atoms with Crippen LogP contribution in [0.25, 0.3) is 0 Å². The summed E-state index contributed by atoms with van der Waals surface area (Å²) in [6, 6.07) is 12.8. The van der Waals surface area contributed by atoms with Crippen LogP contribution in [-0.2, 0) is 0 Å². The molecular weight excluding hydrogens is 332 g/mol. The normalized spacial score (nSPS) is 10.2. The van der Waals surface area contributed by atoms with Gasteiger partial charge in [-0.1, -0.05) is 38.3 Å². The number of unbranched alkanes of at least 4 members (excludes halogenated alkanes) is 3. The molecule has 0 aliphatic carbocycles. The third-order valence-corrected chi connectivity index (χ3v) is 3.82. The Morgan fingerprint density at radius 2 is 1.62 bits per heavy atom. The third kappa shape index (κ3) is 5.81. The number of hydrogen-bond acceptors (Lipinski definition) is 4. The number of hydrogen-bond donors (Lipinski definition) is 3. The maximum absolute atomic E-state index is 12.1. The van der Waals surface area contributed by atoms with Gasteiger partial charge in [0.25, 0.3) is 11.8 Å². The molecule has 2 amide bonds. The number of rotatable bonds is 8. The van der Waals surface area contributed by atoms with E-state index in [-0.39, 0.29) is 11.3 Å². The number of para-hydroxylation sites is 1. The summed E-state index contributed by atoms with van der Waals surface area (Å²) in [5.41, 5.74) is 5.07. The van der Waals surface area contributed by atoms with Crippen LogP contribution in [0, 0.1) is 0 Å². The molecule has 0 aromatic heterocycles. The Morgan fingerprint density at radius 3 is 2.31 bits per heavy atom. The smallest absolute Gasteiger partial charge is 0.273 e. The van der Waals surface area contributed by atoms with Crippen LogP contribution in [0.5, 0.6) is 11.5 Å². The van der Waals surface area contributed by atoms with Gasteiger partial charge in [-0.15, -0.1) is 0 Å². The van der Waals surface area contributed by atoms with E-state index in [4.69, 9.17) is 4.74 Å². The van der Waals surface area contributed by atoms with Crippen molar-refractivity contribution in [2.75, 3.05) is 6.61 Å². The molecule has 0 radical (unpaired) electrons. The molecule has 0 saturated heterocycles. The number of aromatic hydroxyl groups is 1. The zero-order valence-corrected chi connectivity index (χ0v) is 14.8. The number of benzene rings is 2. The number of hydrazine groups is 1. The third-order valence-electron chi connectivity index (χ3n) is 3.82. The monoisotopic (exact) mass is 356 g/mol. The summed E-state index contributed by atoms with van der Waals surface area (Å²) < 4.78 is 5.63. The van der Waals surface area contributed by atoms with Crippen molar-refractivity contribution in [2.45, 2.75) is 32.6 Å². The number of carbonyl (C=O) groups is 2. The number of nitrogens with one attached hydrogen (secondary N) is 2. The van der Waals surface area contributed by atoms with Crippen LogP contribution in [0.15, 0.2) is 48.5 Å². The van der Waals surface area contributed by atoms with Gasteiger partial charge in [-0.05, 0) is 42.8 Å². The molecule has 6 nitrogen and oxygen atoms in total. The Morgan fingerprint density at radius 1 is 0.923 bits per heavy atom. The summed E-state index contributed by atoms with van der Waals surface area (Å²) in [5.74, 6) is -0.497. The number of phenolic OH excluding ortho intramolecular Hbond substituents is 1. The lowest BCUT2D eigenvalue weighted by atomic mass is 10.2. The predicted octanol–water partition coefficient (Wildman–Crippen LogP) is 3.43. The van der Waals surface area contributed by atoms with Crippen LogP contribution in [0.3, 0.4) is 0 Å². The Bertz CT molecular complexity index is 729. The summed E-state index contributed by atoms with van der Waals surface area (Å²) >= 11 is 0. The SMILES string of the molecule is CCCCCCOc1ccc(C(=O)NNC(=O)c2ccccc2O)cc1. The van der Waals surface area contributed by atoms with Crippen molar-refractivity contribution in [1.82, 2.24) is 10.9 Å². The number of amides is 2. The lowest BCUT2D eigenvalue weighted by Crippen LogP contribution is -2.41. The van der Waals surface area contributed by atoms with Gasteiger partial charge in [0.05, 0.1) is 12.2 Å². The maximum atomic E-state index is 12.1. The van der Waals surface area contributed by atoms with E-state index in [1.54, 1.807) is 36.4 Å². The summed E-state index contributed by atoms with van der Waals surface area (Å²) in [7, 11) is 0. The first-order valence-corrected chi connectivity index (χ1v) is 8.73. The number of carbonyl (C=O) groups excluding carboxylic acids is 2. The number of phenols is 1. The molecule has 2 rings (SSSR count). The van der Waals surface area contributed by atoms with Gasteiger partial charge >= 0.3 is 0 Å². The Kier molecular flexibility index (Phi) is 7.49. The molecule has 0 unspecified atom stereocenters. The second kappa shape index (κ2) is 10.1. The fraction of sp³-hybridized carbons (Fsp3) is 0.300. The minimum Gasteiger partial charge on any atom is -0.507 e. The zero-order chi connectivity index (χ0) is 18.8. The van der Waals surface area contributed by atoms with Crippen molar-refractivity contribution >= 4 is 11.8 Å². The topological polar surface area (TPSA) is 87.7 Å². The first-order chi connectivity index (χ1) is 12.6. The highest BCUT2D eigenvalue weighted by atomic mass is 16.5. The van der Waals surface area contributed by atoms with Crippen molar-refractivity contribution in [2.24, 2.45) is 0 Å². The van der Waals surface area contributed by atoms with Crippen LogP contribution >= 0.6 is 0 Å². The summed E-state index contributed by atoms with van der Waals surface area (Å²) in [5, 5.41) is 9.62.